The van der Waals surface area contributed by atoms with Gasteiger partial charge >= 0.3 is 5.97 Å². The molecule has 1 aliphatic heterocycles. The molecule has 1 aromatic heterocycles. The summed E-state index contributed by atoms with van der Waals surface area (Å²) in [4.78, 5) is 37.7. The Bertz CT molecular complexity index is 888. The molecule has 0 atom stereocenters. The van der Waals surface area contributed by atoms with E-state index in [0.717, 1.165) is 17.7 Å². The van der Waals surface area contributed by atoms with E-state index in [2.05, 4.69) is 30.1 Å². The lowest BCUT2D eigenvalue weighted by Gasteiger charge is -2.08. The topological polar surface area (TPSA) is 90.5 Å². The van der Waals surface area contributed by atoms with Crippen LogP contribution in [0.4, 0.5) is 0 Å². The first-order valence-corrected chi connectivity index (χ1v) is 8.00. The highest BCUT2D eigenvalue weighted by molar-refractivity contribution is 6.25. The molecule has 2 aliphatic rings. The van der Waals surface area contributed by atoms with Crippen molar-refractivity contribution in [2.75, 3.05) is 6.54 Å². The number of para-hydroxylation sites is 1. The Hall–Kier alpha value is -3.15. The van der Waals surface area contributed by atoms with Gasteiger partial charge in [-0.2, -0.15) is 0 Å². The molecule has 6 heteroatoms. The molecule has 6 nitrogen and oxygen atoms in total. The number of carboxylic acids is 1. The number of benzene rings is 1. The van der Waals surface area contributed by atoms with Gasteiger partial charge in [-0.3, -0.25) is 19.3 Å². The maximum Gasteiger partial charge on any atom is 0.323 e. The van der Waals surface area contributed by atoms with Crippen molar-refractivity contribution in [1.29, 1.82) is 0 Å². The number of hydrogen-bond donors (Lipinski definition) is 2. The lowest BCUT2D eigenvalue weighted by Crippen LogP contribution is -2.34. The van der Waals surface area contributed by atoms with Crippen molar-refractivity contribution in [3.05, 3.63) is 59.3 Å². The summed E-state index contributed by atoms with van der Waals surface area (Å²) >= 11 is 0. The van der Waals surface area contributed by atoms with E-state index >= 15 is 0 Å². The molecule has 1 fully saturated rings. The Morgan fingerprint density at radius 1 is 1.12 bits per heavy atom. The SMILES string of the molecule is Cc1c[nH]c2ccccc12.O=C(O)CN1C(=O)C2=CCCC=C2C1=O. The van der Waals surface area contributed by atoms with Gasteiger partial charge in [-0.25, -0.2) is 0 Å². The summed E-state index contributed by atoms with van der Waals surface area (Å²) in [7, 11) is 0. The molecule has 2 N–H and O–H groups in total. The predicted octanol–water partition coefficient (Wildman–Crippen LogP) is 2.56. The fraction of sp³-hybridized carbons (Fsp3) is 0.211. The van der Waals surface area contributed by atoms with Crippen LogP contribution in [0, 0.1) is 6.92 Å². The second-order valence-electron chi connectivity index (χ2n) is 5.92. The van der Waals surface area contributed by atoms with Crippen LogP contribution in [-0.4, -0.2) is 39.3 Å². The molecule has 2 aromatic rings. The Labute approximate surface area is 144 Å². The molecular weight excluding hydrogens is 320 g/mol. The molecule has 1 aromatic carbocycles. The van der Waals surface area contributed by atoms with Gasteiger partial charge in [-0.1, -0.05) is 30.4 Å². The second kappa shape index (κ2) is 6.76. The fourth-order valence-electron chi connectivity index (χ4n) is 2.96. The van der Waals surface area contributed by atoms with Crippen LogP contribution in [0.25, 0.3) is 10.9 Å². The number of rotatable bonds is 2. The van der Waals surface area contributed by atoms with Crippen molar-refractivity contribution < 1.29 is 19.5 Å². The van der Waals surface area contributed by atoms with Crippen molar-refractivity contribution >= 4 is 28.7 Å². The van der Waals surface area contributed by atoms with Gasteiger partial charge in [0.1, 0.15) is 6.54 Å². The van der Waals surface area contributed by atoms with Gasteiger partial charge in [0.25, 0.3) is 11.8 Å². The second-order valence-corrected chi connectivity index (χ2v) is 5.92. The highest BCUT2D eigenvalue weighted by Crippen LogP contribution is 2.29. The molecule has 0 radical (unpaired) electrons. The first-order valence-electron chi connectivity index (χ1n) is 8.00. The van der Waals surface area contributed by atoms with E-state index in [-0.39, 0.29) is 0 Å². The maximum atomic E-state index is 11.6. The van der Waals surface area contributed by atoms with Gasteiger partial charge in [0.15, 0.2) is 0 Å². The average Bonchev–Trinajstić information content (AvgIpc) is 3.10. The lowest BCUT2D eigenvalue weighted by atomic mass is 10.0. The zero-order valence-corrected chi connectivity index (χ0v) is 13.8. The molecule has 0 unspecified atom stereocenters. The molecule has 1 saturated heterocycles. The molecule has 128 valence electrons. The number of likely N-dealkylation sites (tertiary alicyclic amines) is 1. The number of carbonyl (C=O) groups excluding carboxylic acids is 2. The number of amides is 2. The molecule has 25 heavy (non-hydrogen) atoms. The zero-order valence-electron chi connectivity index (χ0n) is 13.8. The monoisotopic (exact) mass is 338 g/mol. The Morgan fingerprint density at radius 2 is 1.72 bits per heavy atom. The van der Waals surface area contributed by atoms with Gasteiger partial charge in [-0.15, -0.1) is 0 Å². The largest absolute Gasteiger partial charge is 0.480 e. The first kappa shape index (κ1) is 16.7. The fourth-order valence-corrected chi connectivity index (χ4v) is 2.96. The zero-order chi connectivity index (χ0) is 18.0. The maximum absolute atomic E-state index is 11.6. The van der Waals surface area contributed by atoms with E-state index < -0.39 is 24.3 Å². The third kappa shape index (κ3) is 3.24. The number of carboxylic acid groups (broad SMARTS) is 1. The number of aliphatic carboxylic acids is 1. The molecule has 4 rings (SSSR count). The summed E-state index contributed by atoms with van der Waals surface area (Å²) in [6.45, 7) is 1.55. The number of aryl methyl sites for hydroxylation is 1. The van der Waals surface area contributed by atoms with Crippen LogP contribution in [0.2, 0.25) is 0 Å². The summed E-state index contributed by atoms with van der Waals surface area (Å²) in [5, 5.41) is 9.88. The third-order valence-electron chi connectivity index (χ3n) is 4.19. The van der Waals surface area contributed by atoms with E-state index in [9.17, 15) is 14.4 Å². The van der Waals surface area contributed by atoms with Crippen LogP contribution in [0.5, 0.6) is 0 Å². The number of nitrogens with one attached hydrogen (secondary N) is 1. The number of carbonyl (C=O) groups is 3. The van der Waals surface area contributed by atoms with Crippen LogP contribution in [-0.2, 0) is 14.4 Å². The normalized spacial score (nSPS) is 16.1. The van der Waals surface area contributed by atoms with Crippen LogP contribution in [0.1, 0.15) is 18.4 Å². The van der Waals surface area contributed by atoms with Crippen molar-refractivity contribution in [2.45, 2.75) is 19.8 Å². The minimum atomic E-state index is -1.18. The van der Waals surface area contributed by atoms with Crippen LogP contribution in [0.3, 0.4) is 0 Å². The summed E-state index contributed by atoms with van der Waals surface area (Å²) in [6, 6.07) is 8.31. The Morgan fingerprint density at radius 3 is 2.28 bits per heavy atom. The smallest absolute Gasteiger partial charge is 0.323 e. The van der Waals surface area contributed by atoms with Crippen LogP contribution < -0.4 is 0 Å². The summed E-state index contributed by atoms with van der Waals surface area (Å²) in [5.74, 6) is -2.17. The Kier molecular flexibility index (Phi) is 4.52. The highest BCUT2D eigenvalue weighted by atomic mass is 16.4. The number of allylic oxidation sites excluding steroid dienone is 2. The van der Waals surface area contributed by atoms with Crippen molar-refractivity contribution in [3.8, 4) is 0 Å². The summed E-state index contributed by atoms with van der Waals surface area (Å²) in [5.41, 5.74) is 3.25. The van der Waals surface area contributed by atoms with Crippen LogP contribution in [0.15, 0.2) is 53.8 Å². The van der Waals surface area contributed by atoms with Crippen molar-refractivity contribution in [3.63, 3.8) is 0 Å². The van der Waals surface area contributed by atoms with Gasteiger partial charge in [0.2, 0.25) is 0 Å². The van der Waals surface area contributed by atoms with Gasteiger partial charge in [0.05, 0.1) is 0 Å². The van der Waals surface area contributed by atoms with Gasteiger partial charge < -0.3 is 10.1 Å². The quantitative estimate of drug-likeness (QED) is 0.824. The number of hydrogen-bond acceptors (Lipinski definition) is 3. The van der Waals surface area contributed by atoms with Gasteiger partial charge in [0, 0.05) is 28.2 Å². The van der Waals surface area contributed by atoms with Gasteiger partial charge in [-0.05, 0) is 31.4 Å². The summed E-state index contributed by atoms with van der Waals surface area (Å²) < 4.78 is 0. The molecule has 2 heterocycles. The number of fused-ring (bicyclic) bond motifs is 2. The Balaban J connectivity index is 0.000000157. The number of aromatic nitrogens is 1. The highest BCUT2D eigenvalue weighted by Gasteiger charge is 2.39. The van der Waals surface area contributed by atoms with E-state index in [4.69, 9.17) is 5.11 Å². The molecule has 1 aliphatic carbocycles. The van der Waals surface area contributed by atoms with Crippen molar-refractivity contribution in [1.82, 2.24) is 9.88 Å². The van der Waals surface area contributed by atoms with E-state index in [1.807, 2.05) is 12.3 Å². The number of imide groups is 1. The number of nitrogens with zero attached hydrogens (tertiary/aromatic N) is 1. The lowest BCUT2D eigenvalue weighted by molar-refractivity contribution is -0.147. The minimum absolute atomic E-state index is 0.354. The van der Waals surface area contributed by atoms with Crippen LogP contribution >= 0.6 is 0 Å². The third-order valence-corrected chi connectivity index (χ3v) is 4.19. The van der Waals surface area contributed by atoms with Crippen molar-refractivity contribution in [2.24, 2.45) is 0 Å². The standard InChI is InChI=1S/C10H9NO4.C9H9N/c12-8(13)5-11-9(14)6-3-1-2-4-7(6)10(11)15;1-7-6-10-9-5-3-2-4-8(7)9/h3-4H,1-2,5H2,(H,12,13);2-6,10H,1H3. The molecule has 0 saturated carbocycles. The minimum Gasteiger partial charge on any atom is -0.480 e. The molecular formula is C19H18N2O4. The molecule has 0 bridgehead atoms. The first-order chi connectivity index (χ1) is 12.0. The number of H-pyrrole nitrogens is 1. The van der Waals surface area contributed by atoms with E-state index in [1.54, 1.807) is 12.2 Å². The predicted molar refractivity (Wildman–Crippen MR) is 92.8 cm³/mol. The van der Waals surface area contributed by atoms with E-state index in [1.165, 1.54) is 16.5 Å². The molecule has 2 amide bonds. The molecule has 0 spiro atoms. The summed E-state index contributed by atoms with van der Waals surface area (Å²) in [6.07, 6.45) is 6.86. The van der Waals surface area contributed by atoms with E-state index in [0.29, 0.717) is 11.1 Å². The average molecular weight is 338 g/mol. The number of aromatic amines is 1.